The Morgan fingerprint density at radius 3 is 2.52 bits per heavy atom. The Balaban J connectivity index is 1.55. The molecule has 2 aromatic heterocycles. The number of amides is 1. The van der Waals surface area contributed by atoms with Gasteiger partial charge in [-0.1, -0.05) is 42.5 Å². The fourth-order valence-electron chi connectivity index (χ4n) is 2.94. The minimum absolute atomic E-state index is 0.0967. The topological polar surface area (TPSA) is 46.9 Å². The molecule has 0 saturated carbocycles. The van der Waals surface area contributed by atoms with Gasteiger partial charge in [0.2, 0.25) is 0 Å². The quantitative estimate of drug-likeness (QED) is 0.522. The van der Waals surface area contributed by atoms with Gasteiger partial charge in [-0.2, -0.15) is 0 Å². The second-order valence-electron chi connectivity index (χ2n) is 6.31. The first-order valence-corrected chi connectivity index (χ1v) is 9.49. The van der Waals surface area contributed by atoms with Crippen LogP contribution in [0.1, 0.15) is 15.5 Å². The molecule has 134 valence electrons. The zero-order valence-electron chi connectivity index (χ0n) is 15.1. The summed E-state index contributed by atoms with van der Waals surface area (Å²) in [5.41, 5.74) is 3.93. The lowest BCUT2D eigenvalue weighted by molar-refractivity contribution is 0.103. The number of benzene rings is 2. The summed E-state index contributed by atoms with van der Waals surface area (Å²) < 4.78 is 2.03. The number of hydrogen-bond donors (Lipinski definition) is 1. The number of thiophene rings is 1. The molecule has 4 aromatic rings. The first-order valence-electron chi connectivity index (χ1n) is 8.67. The van der Waals surface area contributed by atoms with Crippen LogP contribution in [0, 0.1) is 6.92 Å². The molecule has 0 bridgehead atoms. The maximum atomic E-state index is 12.7. The van der Waals surface area contributed by atoms with Gasteiger partial charge >= 0.3 is 0 Å². The fraction of sp³-hybridized carbons (Fsp3) is 0.0909. The third-order valence-electron chi connectivity index (χ3n) is 4.52. The van der Waals surface area contributed by atoms with Crippen molar-refractivity contribution >= 4 is 22.9 Å². The molecule has 27 heavy (non-hydrogen) atoms. The largest absolute Gasteiger partial charge is 0.331 e. The van der Waals surface area contributed by atoms with E-state index in [9.17, 15) is 4.79 Å². The van der Waals surface area contributed by atoms with Crippen LogP contribution in [0.4, 0.5) is 5.69 Å². The molecule has 0 saturated heterocycles. The van der Waals surface area contributed by atoms with Crippen molar-refractivity contribution in [2.75, 3.05) is 5.32 Å². The van der Waals surface area contributed by atoms with Gasteiger partial charge in [-0.3, -0.25) is 4.79 Å². The maximum absolute atomic E-state index is 12.7. The summed E-state index contributed by atoms with van der Waals surface area (Å²) in [6.45, 7) is 1.97. The highest BCUT2D eigenvalue weighted by atomic mass is 32.1. The lowest BCUT2D eigenvalue weighted by Crippen LogP contribution is -2.10. The summed E-state index contributed by atoms with van der Waals surface area (Å²) in [6, 6.07) is 21.8. The molecule has 4 nitrogen and oxygen atoms in total. The van der Waals surface area contributed by atoms with Crippen molar-refractivity contribution < 1.29 is 4.79 Å². The third kappa shape index (κ3) is 3.55. The first-order chi connectivity index (χ1) is 13.1. The zero-order valence-corrected chi connectivity index (χ0v) is 16.0. The molecule has 0 aliphatic carbocycles. The summed E-state index contributed by atoms with van der Waals surface area (Å²) in [5, 5.41) is 3.00. The molecule has 4 rings (SSSR count). The number of anilines is 1. The summed E-state index contributed by atoms with van der Waals surface area (Å²) in [6.07, 6.45) is 1.85. The number of nitrogens with one attached hydrogen (secondary N) is 1. The molecule has 1 amide bonds. The van der Waals surface area contributed by atoms with E-state index in [0.717, 1.165) is 33.2 Å². The van der Waals surface area contributed by atoms with Crippen LogP contribution in [-0.2, 0) is 7.05 Å². The molecule has 5 heteroatoms. The van der Waals surface area contributed by atoms with Crippen molar-refractivity contribution in [1.82, 2.24) is 9.55 Å². The average Bonchev–Trinajstić information content (AvgIpc) is 3.31. The lowest BCUT2D eigenvalue weighted by Gasteiger charge is -2.08. The molecule has 0 atom stereocenters. The van der Waals surface area contributed by atoms with Crippen LogP contribution in [0.2, 0.25) is 0 Å². The number of aromatic nitrogens is 2. The minimum Gasteiger partial charge on any atom is -0.331 e. The van der Waals surface area contributed by atoms with Gasteiger partial charge in [0, 0.05) is 23.2 Å². The highest BCUT2D eigenvalue weighted by molar-refractivity contribution is 7.17. The van der Waals surface area contributed by atoms with Gasteiger partial charge in [-0.15, -0.1) is 11.3 Å². The van der Waals surface area contributed by atoms with Crippen molar-refractivity contribution in [1.29, 1.82) is 0 Å². The van der Waals surface area contributed by atoms with E-state index in [0.29, 0.717) is 4.88 Å². The van der Waals surface area contributed by atoms with Crippen molar-refractivity contribution in [2.24, 2.45) is 7.05 Å². The van der Waals surface area contributed by atoms with Crippen LogP contribution in [0.15, 0.2) is 72.9 Å². The molecule has 0 radical (unpaired) electrons. The molecule has 0 aliphatic rings. The molecule has 0 fully saturated rings. The van der Waals surface area contributed by atoms with E-state index in [4.69, 9.17) is 0 Å². The number of carbonyl (C=O) groups is 1. The Morgan fingerprint density at radius 2 is 1.78 bits per heavy atom. The smallest absolute Gasteiger partial charge is 0.265 e. The van der Waals surface area contributed by atoms with E-state index in [1.807, 2.05) is 91.5 Å². The molecule has 1 N–H and O–H groups in total. The van der Waals surface area contributed by atoms with E-state index >= 15 is 0 Å². The van der Waals surface area contributed by atoms with Gasteiger partial charge in [0.25, 0.3) is 5.91 Å². The number of carbonyl (C=O) groups excluding carboxylic acids is 1. The predicted octanol–water partition coefficient (Wildman–Crippen LogP) is 5.38. The van der Waals surface area contributed by atoms with Crippen molar-refractivity contribution in [3.63, 3.8) is 0 Å². The average molecular weight is 373 g/mol. The van der Waals surface area contributed by atoms with Crippen molar-refractivity contribution in [3.05, 3.63) is 83.6 Å². The van der Waals surface area contributed by atoms with Crippen molar-refractivity contribution in [2.45, 2.75) is 6.92 Å². The second-order valence-corrected chi connectivity index (χ2v) is 7.40. The standard InChI is InChI=1S/C22H19N3OS/c1-15-23-14-19(25(15)2)17-9-6-10-18(13-17)24-22(26)21-12-11-20(27-21)16-7-4-3-5-8-16/h3-14H,1-2H3,(H,24,26). The molecule has 0 spiro atoms. The first kappa shape index (κ1) is 17.2. The Bertz CT molecular complexity index is 1100. The molecule has 2 aromatic carbocycles. The lowest BCUT2D eigenvalue weighted by atomic mass is 10.1. The number of hydrogen-bond acceptors (Lipinski definition) is 3. The fourth-order valence-corrected chi connectivity index (χ4v) is 3.84. The minimum atomic E-state index is -0.0967. The number of aryl methyl sites for hydroxylation is 1. The summed E-state index contributed by atoms with van der Waals surface area (Å²) in [7, 11) is 1.99. The van der Waals surface area contributed by atoms with Crippen molar-refractivity contribution in [3.8, 4) is 21.7 Å². The Hall–Kier alpha value is -3.18. The van der Waals surface area contributed by atoms with Crippen LogP contribution in [0.3, 0.4) is 0 Å². The van der Waals surface area contributed by atoms with E-state index in [1.165, 1.54) is 11.3 Å². The zero-order chi connectivity index (χ0) is 18.8. The number of nitrogens with zero attached hydrogens (tertiary/aromatic N) is 2. The Labute approximate surface area is 162 Å². The Morgan fingerprint density at radius 1 is 1.00 bits per heavy atom. The number of imidazole rings is 1. The molecular weight excluding hydrogens is 354 g/mol. The van der Waals surface area contributed by atoms with Crippen LogP contribution < -0.4 is 5.32 Å². The molecule has 0 aliphatic heterocycles. The van der Waals surface area contributed by atoms with Crippen LogP contribution in [0.25, 0.3) is 21.7 Å². The van der Waals surface area contributed by atoms with Gasteiger partial charge in [-0.25, -0.2) is 4.98 Å². The predicted molar refractivity (Wildman–Crippen MR) is 111 cm³/mol. The summed E-state index contributed by atoms with van der Waals surface area (Å²) in [4.78, 5) is 18.8. The summed E-state index contributed by atoms with van der Waals surface area (Å²) in [5.74, 6) is 0.854. The van der Waals surface area contributed by atoms with E-state index in [1.54, 1.807) is 0 Å². The van der Waals surface area contributed by atoms with E-state index in [-0.39, 0.29) is 5.91 Å². The van der Waals surface area contributed by atoms with Crippen LogP contribution >= 0.6 is 11.3 Å². The monoisotopic (exact) mass is 373 g/mol. The van der Waals surface area contributed by atoms with Gasteiger partial charge in [-0.05, 0) is 36.8 Å². The molecule has 2 heterocycles. The van der Waals surface area contributed by atoms with E-state index < -0.39 is 0 Å². The van der Waals surface area contributed by atoms with Gasteiger partial charge in [0.15, 0.2) is 0 Å². The number of rotatable bonds is 4. The van der Waals surface area contributed by atoms with E-state index in [2.05, 4.69) is 10.3 Å². The van der Waals surface area contributed by atoms with Gasteiger partial charge < -0.3 is 9.88 Å². The normalized spacial score (nSPS) is 10.7. The Kier molecular flexibility index (Phi) is 4.60. The molecular formula is C22H19N3OS. The second kappa shape index (κ2) is 7.21. The molecule has 0 unspecified atom stereocenters. The highest BCUT2D eigenvalue weighted by Crippen LogP contribution is 2.29. The summed E-state index contributed by atoms with van der Waals surface area (Å²) >= 11 is 1.49. The SMILES string of the molecule is Cc1ncc(-c2cccc(NC(=O)c3ccc(-c4ccccc4)s3)c2)n1C. The highest BCUT2D eigenvalue weighted by Gasteiger charge is 2.12. The maximum Gasteiger partial charge on any atom is 0.265 e. The van der Waals surface area contributed by atoms with Crippen LogP contribution in [0.5, 0.6) is 0 Å². The van der Waals surface area contributed by atoms with Gasteiger partial charge in [0.1, 0.15) is 5.82 Å². The van der Waals surface area contributed by atoms with Gasteiger partial charge in [0.05, 0.1) is 16.8 Å². The third-order valence-corrected chi connectivity index (χ3v) is 5.66. The van der Waals surface area contributed by atoms with Crippen LogP contribution in [-0.4, -0.2) is 15.5 Å².